The summed E-state index contributed by atoms with van der Waals surface area (Å²) in [4.78, 5) is 6.39. The average Bonchev–Trinajstić information content (AvgIpc) is 1.94. The third-order valence-corrected chi connectivity index (χ3v) is 1.53. The number of halogens is 4. The predicted octanol–water partition coefficient (Wildman–Crippen LogP) is 2.32. The van der Waals surface area contributed by atoms with Gasteiger partial charge in [0.2, 0.25) is 0 Å². The van der Waals surface area contributed by atoms with Gasteiger partial charge in [-0.25, -0.2) is 23.1 Å². The zero-order chi connectivity index (χ0) is 8.43. The lowest BCUT2D eigenvalue weighted by Gasteiger charge is -1.99. The Morgan fingerprint density at radius 1 is 1.36 bits per heavy atom. The third-order valence-electron chi connectivity index (χ3n) is 0.981. The van der Waals surface area contributed by atoms with Crippen LogP contribution in [0.25, 0.3) is 0 Å². The zero-order valence-corrected chi connectivity index (χ0v) is 6.65. The molecule has 0 N–H and O–H groups in total. The minimum Gasteiger partial charge on any atom is -0.232 e. The molecular formula is C5H2BrF3N2. The van der Waals surface area contributed by atoms with Crippen molar-refractivity contribution in [3.8, 4) is 0 Å². The minimum absolute atomic E-state index is 0.247. The van der Waals surface area contributed by atoms with Gasteiger partial charge in [0.05, 0.1) is 0 Å². The van der Waals surface area contributed by atoms with Crippen molar-refractivity contribution < 1.29 is 13.2 Å². The monoisotopic (exact) mass is 226 g/mol. The van der Waals surface area contributed by atoms with E-state index in [1.165, 1.54) is 0 Å². The van der Waals surface area contributed by atoms with E-state index in [4.69, 9.17) is 0 Å². The molecule has 1 aromatic rings. The largest absolute Gasteiger partial charge is 0.283 e. The van der Waals surface area contributed by atoms with E-state index in [9.17, 15) is 13.2 Å². The van der Waals surface area contributed by atoms with Crippen molar-refractivity contribution >= 4 is 15.9 Å². The van der Waals surface area contributed by atoms with Gasteiger partial charge >= 0.3 is 0 Å². The zero-order valence-electron chi connectivity index (χ0n) is 5.06. The van der Waals surface area contributed by atoms with Crippen molar-refractivity contribution in [3.05, 3.63) is 22.4 Å². The molecule has 11 heavy (non-hydrogen) atoms. The second-order valence-corrected chi connectivity index (χ2v) is 2.42. The van der Waals surface area contributed by atoms with Gasteiger partial charge in [-0.15, -0.1) is 0 Å². The Bertz CT molecular complexity index is 266. The van der Waals surface area contributed by atoms with E-state index in [-0.39, 0.29) is 4.60 Å². The van der Waals surface area contributed by atoms with Gasteiger partial charge in [0.25, 0.3) is 6.43 Å². The molecule has 0 atom stereocenters. The summed E-state index contributed by atoms with van der Waals surface area (Å²) in [6.07, 6.45) is -2.04. The Hall–Kier alpha value is -0.650. The second-order valence-electron chi connectivity index (χ2n) is 1.66. The van der Waals surface area contributed by atoms with Crippen molar-refractivity contribution in [2.24, 2.45) is 0 Å². The Balaban J connectivity index is 3.17. The van der Waals surface area contributed by atoms with Crippen LogP contribution in [0.3, 0.4) is 0 Å². The number of rotatable bonds is 1. The maximum absolute atomic E-state index is 12.6. The molecule has 0 aliphatic rings. The lowest BCUT2D eigenvalue weighted by atomic mass is 10.4. The Labute approximate surface area is 68.6 Å². The van der Waals surface area contributed by atoms with Crippen LogP contribution in [0.15, 0.2) is 10.9 Å². The van der Waals surface area contributed by atoms with Crippen LogP contribution in [0.1, 0.15) is 12.1 Å². The molecule has 2 nitrogen and oxygen atoms in total. The fraction of sp³-hybridized carbons (Fsp3) is 0.200. The summed E-state index contributed by atoms with van der Waals surface area (Å²) in [5.74, 6) is -1.11. The molecule has 1 rings (SSSR count). The van der Waals surface area contributed by atoms with Crippen LogP contribution in [0.4, 0.5) is 13.2 Å². The maximum atomic E-state index is 12.6. The van der Waals surface area contributed by atoms with Crippen molar-refractivity contribution in [3.63, 3.8) is 0 Å². The first kappa shape index (κ1) is 8.45. The molecule has 0 fully saturated rings. The molecule has 1 aromatic heterocycles. The van der Waals surface area contributed by atoms with Crippen LogP contribution in [-0.4, -0.2) is 9.97 Å². The molecule has 0 aromatic carbocycles. The molecule has 0 amide bonds. The van der Waals surface area contributed by atoms with E-state index in [2.05, 4.69) is 25.9 Å². The molecule has 0 aliphatic heterocycles. The number of hydrogen-bond donors (Lipinski definition) is 0. The fourth-order valence-electron chi connectivity index (χ4n) is 0.513. The first-order valence-corrected chi connectivity index (χ1v) is 3.36. The van der Waals surface area contributed by atoms with Crippen LogP contribution in [0.5, 0.6) is 0 Å². The van der Waals surface area contributed by atoms with Crippen LogP contribution in [0.2, 0.25) is 0 Å². The van der Waals surface area contributed by atoms with Crippen molar-refractivity contribution in [2.75, 3.05) is 0 Å². The van der Waals surface area contributed by atoms with Gasteiger partial charge in [-0.1, -0.05) is 0 Å². The molecule has 0 aliphatic carbocycles. The summed E-state index contributed by atoms with van der Waals surface area (Å²) in [5.41, 5.74) is -0.883. The van der Waals surface area contributed by atoms with Crippen LogP contribution >= 0.6 is 15.9 Å². The lowest BCUT2D eigenvalue weighted by Crippen LogP contribution is -1.97. The average molecular weight is 227 g/mol. The normalized spacial score (nSPS) is 10.6. The molecule has 0 saturated heterocycles. The van der Waals surface area contributed by atoms with Crippen LogP contribution in [-0.2, 0) is 0 Å². The predicted molar refractivity (Wildman–Crippen MR) is 34.6 cm³/mol. The molecule has 0 saturated carbocycles. The summed E-state index contributed by atoms with van der Waals surface area (Å²) >= 11 is 2.65. The Kier molecular flexibility index (Phi) is 2.43. The van der Waals surface area contributed by atoms with Gasteiger partial charge in [0.1, 0.15) is 16.6 Å². The van der Waals surface area contributed by atoms with Crippen molar-refractivity contribution in [1.82, 2.24) is 9.97 Å². The van der Waals surface area contributed by atoms with Gasteiger partial charge < -0.3 is 0 Å². The summed E-state index contributed by atoms with van der Waals surface area (Å²) in [6.45, 7) is 0. The third kappa shape index (κ3) is 1.68. The molecule has 6 heteroatoms. The second kappa shape index (κ2) is 3.17. The van der Waals surface area contributed by atoms with E-state index < -0.39 is 17.9 Å². The number of alkyl halides is 2. The fourth-order valence-corrected chi connectivity index (χ4v) is 0.808. The molecule has 60 valence electrons. The summed E-state index contributed by atoms with van der Waals surface area (Å²) in [6, 6.07) is 0. The smallest absolute Gasteiger partial charge is 0.232 e. The molecule has 0 unspecified atom stereocenters. The molecule has 0 bridgehead atoms. The summed E-state index contributed by atoms with van der Waals surface area (Å²) in [5, 5.41) is 0. The van der Waals surface area contributed by atoms with Gasteiger partial charge in [0, 0.05) is 0 Å². The molecule has 0 radical (unpaired) electrons. The van der Waals surface area contributed by atoms with Crippen molar-refractivity contribution in [2.45, 2.75) is 6.43 Å². The van der Waals surface area contributed by atoms with E-state index in [0.29, 0.717) is 0 Å². The highest BCUT2D eigenvalue weighted by atomic mass is 79.9. The first-order valence-electron chi connectivity index (χ1n) is 2.57. The highest BCUT2D eigenvalue weighted by Crippen LogP contribution is 2.22. The van der Waals surface area contributed by atoms with E-state index in [1.807, 2.05) is 0 Å². The van der Waals surface area contributed by atoms with E-state index in [0.717, 1.165) is 6.33 Å². The van der Waals surface area contributed by atoms with Gasteiger partial charge in [-0.05, 0) is 15.9 Å². The van der Waals surface area contributed by atoms with Crippen LogP contribution in [0, 0.1) is 5.82 Å². The van der Waals surface area contributed by atoms with Crippen molar-refractivity contribution in [1.29, 1.82) is 0 Å². The van der Waals surface area contributed by atoms with Gasteiger partial charge in [-0.3, -0.25) is 0 Å². The highest BCUT2D eigenvalue weighted by molar-refractivity contribution is 9.10. The molecule has 1 heterocycles. The standard InChI is InChI=1S/C5H2BrF3N2/c6-4-2(7)3(5(8)9)10-1-11-4/h1,5H. The number of nitrogens with zero attached hydrogens (tertiary/aromatic N) is 2. The molecule has 0 spiro atoms. The summed E-state index contributed by atoms with van der Waals surface area (Å²) in [7, 11) is 0. The minimum atomic E-state index is -2.91. The van der Waals surface area contributed by atoms with Gasteiger partial charge in [-0.2, -0.15) is 0 Å². The van der Waals surface area contributed by atoms with E-state index >= 15 is 0 Å². The van der Waals surface area contributed by atoms with Gasteiger partial charge in [0.15, 0.2) is 5.82 Å². The topological polar surface area (TPSA) is 25.8 Å². The SMILES string of the molecule is Fc1c(Br)ncnc1C(F)F. The Morgan fingerprint density at radius 2 is 2.00 bits per heavy atom. The number of aromatic nitrogens is 2. The highest BCUT2D eigenvalue weighted by Gasteiger charge is 2.17. The quantitative estimate of drug-likeness (QED) is 0.688. The Morgan fingerprint density at radius 3 is 2.45 bits per heavy atom. The van der Waals surface area contributed by atoms with Crippen LogP contribution < -0.4 is 0 Å². The molecular weight excluding hydrogens is 225 g/mol. The summed E-state index contributed by atoms with van der Waals surface area (Å²) < 4.78 is 36.1. The lowest BCUT2D eigenvalue weighted by molar-refractivity contribution is 0.140. The van der Waals surface area contributed by atoms with E-state index in [1.54, 1.807) is 0 Å². The first-order chi connectivity index (χ1) is 5.13. The number of hydrogen-bond acceptors (Lipinski definition) is 2. The maximum Gasteiger partial charge on any atom is 0.283 e.